The van der Waals surface area contributed by atoms with Gasteiger partial charge in [-0.05, 0) is 5.56 Å². The summed E-state index contributed by atoms with van der Waals surface area (Å²) >= 11 is 0. The number of ether oxygens (including phenoxy) is 4. The van der Waals surface area contributed by atoms with Gasteiger partial charge < -0.3 is 18.9 Å². The van der Waals surface area contributed by atoms with Gasteiger partial charge in [0.2, 0.25) is 17.8 Å². The lowest BCUT2D eigenvalue weighted by Crippen LogP contribution is -2.44. The third kappa shape index (κ3) is 6.71. The van der Waals surface area contributed by atoms with Crippen LogP contribution in [0.15, 0.2) is 41.2 Å². The predicted octanol–water partition coefficient (Wildman–Crippen LogP) is 1.25. The number of carbonyl (C=O) groups excluding carboxylic acids is 5. The number of nitrogens with zero attached hydrogens (tertiary/aromatic N) is 4. The van der Waals surface area contributed by atoms with Crippen molar-refractivity contribution in [2.24, 2.45) is 0 Å². The lowest BCUT2D eigenvalue weighted by atomic mass is 10.1. The van der Waals surface area contributed by atoms with Crippen LogP contribution in [-0.4, -0.2) is 67.8 Å². The van der Waals surface area contributed by atoms with Crippen molar-refractivity contribution < 1.29 is 42.9 Å². The minimum Gasteiger partial charge on any atom is -0.462 e. The summed E-state index contributed by atoms with van der Waals surface area (Å²) in [5, 5.41) is 8.09. The second-order valence-electron chi connectivity index (χ2n) is 8.34. The zero-order chi connectivity index (χ0) is 28.9. The van der Waals surface area contributed by atoms with Crippen molar-refractivity contribution in [1.29, 1.82) is 0 Å². The molecule has 0 spiro atoms. The highest BCUT2D eigenvalue weighted by molar-refractivity contribution is 5.80. The molecule has 0 N–H and O–H groups in total. The Morgan fingerprint density at radius 3 is 1.97 bits per heavy atom. The first-order chi connectivity index (χ1) is 18.4. The first-order valence-electron chi connectivity index (χ1n) is 11.6. The van der Waals surface area contributed by atoms with E-state index in [0.29, 0.717) is 5.56 Å². The average Bonchev–Trinajstić information content (AvgIpc) is 3.27. The van der Waals surface area contributed by atoms with Crippen LogP contribution in [0, 0.1) is 0 Å². The van der Waals surface area contributed by atoms with Gasteiger partial charge in [0.15, 0.2) is 18.0 Å². The number of hydrogen-bond acceptors (Lipinski definition) is 12. The van der Waals surface area contributed by atoms with Gasteiger partial charge >= 0.3 is 23.9 Å². The Morgan fingerprint density at radius 1 is 0.821 bits per heavy atom. The highest BCUT2D eigenvalue weighted by Crippen LogP contribution is 2.30. The van der Waals surface area contributed by atoms with Gasteiger partial charge in [0.25, 0.3) is 5.56 Å². The second kappa shape index (κ2) is 12.1. The monoisotopic (exact) mass is 542 g/mol. The van der Waals surface area contributed by atoms with Gasteiger partial charge in [0.1, 0.15) is 6.61 Å². The van der Waals surface area contributed by atoms with Crippen LogP contribution < -0.4 is 5.56 Å². The summed E-state index contributed by atoms with van der Waals surface area (Å²) < 4.78 is 23.3. The first-order valence-corrected chi connectivity index (χ1v) is 11.6. The van der Waals surface area contributed by atoms with Crippen LogP contribution in [0.1, 0.15) is 51.3 Å². The minimum absolute atomic E-state index is 0.180. The lowest BCUT2D eigenvalue weighted by molar-refractivity contribution is -0.190. The molecule has 0 radical (unpaired) electrons. The zero-order valence-corrected chi connectivity index (χ0v) is 21.8. The smallest absolute Gasteiger partial charge is 0.303 e. The Hall–Kier alpha value is -4.88. The van der Waals surface area contributed by atoms with Crippen molar-refractivity contribution in [3.05, 3.63) is 52.6 Å². The van der Waals surface area contributed by atoms with E-state index in [1.165, 1.54) is 10.5 Å². The van der Waals surface area contributed by atoms with E-state index >= 15 is 0 Å². The van der Waals surface area contributed by atoms with E-state index in [9.17, 15) is 28.8 Å². The van der Waals surface area contributed by atoms with Crippen molar-refractivity contribution in [3.8, 4) is 11.3 Å². The van der Waals surface area contributed by atoms with Crippen LogP contribution in [0.25, 0.3) is 17.0 Å². The van der Waals surface area contributed by atoms with Crippen LogP contribution in [0.2, 0.25) is 0 Å². The maximum absolute atomic E-state index is 12.9. The van der Waals surface area contributed by atoms with E-state index in [0.717, 1.165) is 39.2 Å². The Balaban J connectivity index is 2.36. The third-order valence-corrected chi connectivity index (χ3v) is 5.26. The molecule has 0 aliphatic carbocycles. The maximum atomic E-state index is 12.9. The summed E-state index contributed by atoms with van der Waals surface area (Å²) in [6, 6.07) is 9.71. The first kappa shape index (κ1) is 28.7. The van der Waals surface area contributed by atoms with Gasteiger partial charge in [0.05, 0.1) is 5.69 Å². The van der Waals surface area contributed by atoms with Crippen molar-refractivity contribution in [1.82, 2.24) is 19.2 Å². The fourth-order valence-electron chi connectivity index (χ4n) is 3.89. The number of rotatable bonds is 9. The van der Waals surface area contributed by atoms with E-state index in [2.05, 4.69) is 10.2 Å². The molecular formula is C25H26N4O10. The van der Waals surface area contributed by atoms with Crippen molar-refractivity contribution in [2.75, 3.05) is 6.61 Å². The van der Waals surface area contributed by atoms with E-state index in [1.54, 1.807) is 30.3 Å². The number of hydrogen-bond donors (Lipinski definition) is 0. The predicted molar refractivity (Wildman–Crippen MR) is 131 cm³/mol. The third-order valence-electron chi connectivity index (χ3n) is 5.26. The van der Waals surface area contributed by atoms with Crippen LogP contribution >= 0.6 is 0 Å². The number of carbonyl (C=O) groups is 5. The molecule has 0 aliphatic heterocycles. The minimum atomic E-state index is -1.61. The van der Waals surface area contributed by atoms with E-state index < -0.39 is 60.3 Å². The van der Waals surface area contributed by atoms with E-state index in [4.69, 9.17) is 18.9 Å². The maximum Gasteiger partial charge on any atom is 0.303 e. The summed E-state index contributed by atoms with van der Waals surface area (Å²) in [6.45, 7) is 4.94. The van der Waals surface area contributed by atoms with Crippen LogP contribution in [0.3, 0.4) is 0 Å². The Kier molecular flexibility index (Phi) is 8.91. The Labute approximate surface area is 221 Å². The molecule has 0 unspecified atom stereocenters. The normalized spacial score (nSPS) is 13.2. The highest BCUT2D eigenvalue weighted by Gasteiger charge is 2.42. The fourth-order valence-corrected chi connectivity index (χ4v) is 3.89. The summed E-state index contributed by atoms with van der Waals surface area (Å²) in [4.78, 5) is 73.1. The van der Waals surface area contributed by atoms with Gasteiger partial charge in [0, 0.05) is 40.7 Å². The average molecular weight is 543 g/mol. The highest BCUT2D eigenvalue weighted by atomic mass is 16.6. The molecule has 3 atom stereocenters. The van der Waals surface area contributed by atoms with E-state index in [1.807, 2.05) is 0 Å². The molecule has 14 nitrogen and oxygen atoms in total. The second-order valence-corrected chi connectivity index (χ2v) is 8.34. The largest absolute Gasteiger partial charge is 0.462 e. The van der Waals surface area contributed by atoms with Crippen LogP contribution in [0.4, 0.5) is 0 Å². The Morgan fingerprint density at radius 2 is 1.44 bits per heavy atom. The lowest BCUT2D eigenvalue weighted by Gasteiger charge is -2.31. The Bertz CT molecular complexity index is 1480. The number of benzene rings is 1. The molecule has 0 saturated heterocycles. The molecule has 2 aromatic heterocycles. The van der Waals surface area contributed by atoms with Gasteiger partial charge in [-0.15, -0.1) is 10.2 Å². The summed E-state index contributed by atoms with van der Waals surface area (Å²) in [6.07, 6.45) is -4.66. The molecule has 206 valence electrons. The number of esters is 4. The molecule has 0 amide bonds. The fraction of sp³-hybridized carbons (Fsp3) is 0.360. The molecular weight excluding hydrogens is 516 g/mol. The van der Waals surface area contributed by atoms with Gasteiger partial charge in [-0.1, -0.05) is 30.3 Å². The molecule has 0 aliphatic rings. The van der Waals surface area contributed by atoms with E-state index in [-0.39, 0.29) is 17.3 Å². The van der Waals surface area contributed by atoms with Crippen molar-refractivity contribution in [2.45, 2.75) is 52.9 Å². The molecule has 14 heteroatoms. The molecule has 0 saturated carbocycles. The quantitative estimate of drug-likeness (QED) is 0.280. The molecule has 3 aromatic rings. The topological polar surface area (TPSA) is 174 Å². The molecule has 1 aromatic carbocycles. The molecule has 0 bridgehead atoms. The van der Waals surface area contributed by atoms with Crippen LogP contribution in [0.5, 0.6) is 0 Å². The summed E-state index contributed by atoms with van der Waals surface area (Å²) in [5.74, 6) is -4.29. The molecule has 2 heterocycles. The summed E-state index contributed by atoms with van der Waals surface area (Å²) in [7, 11) is 0. The van der Waals surface area contributed by atoms with Crippen LogP contribution in [-0.2, 0) is 38.1 Å². The SMILES string of the molecule is CC(=O)OC[C@H](OC(C)=O)[C@H](OC(C)=O)[C@@H](OC(C)=O)c1nnc2n(C(C)=O)c(=O)cc(-c3ccccc3)n12. The standard InChI is InChI=1S/C25H26N4O10/c1-13(30)28-21(35)11-19(18-9-7-6-8-10-18)29-24(26-27-25(28)29)23(39-17(5)34)22(38-16(4)33)20(37-15(3)32)12-36-14(2)31/h6-11,20,22-23H,12H2,1-5H3/t20-,22-,23+/m0/s1. The zero-order valence-electron chi connectivity index (χ0n) is 21.8. The van der Waals surface area contributed by atoms with Gasteiger partial charge in [-0.25, -0.2) is 4.57 Å². The summed E-state index contributed by atoms with van der Waals surface area (Å²) in [5.41, 5.74) is 0.0373. The van der Waals surface area contributed by atoms with Gasteiger partial charge in [-0.2, -0.15) is 0 Å². The molecule has 0 fully saturated rings. The molecule has 39 heavy (non-hydrogen) atoms. The number of aromatic nitrogens is 4. The van der Waals surface area contributed by atoms with Crippen molar-refractivity contribution in [3.63, 3.8) is 0 Å². The molecule has 3 rings (SSSR count). The van der Waals surface area contributed by atoms with Crippen molar-refractivity contribution >= 4 is 35.6 Å². The van der Waals surface area contributed by atoms with Gasteiger partial charge in [-0.3, -0.25) is 33.2 Å². The number of fused-ring (bicyclic) bond motifs is 1.